The van der Waals surface area contributed by atoms with E-state index in [9.17, 15) is 8.42 Å². The monoisotopic (exact) mass is 268 g/mol. The molecule has 2 rings (SSSR count). The molecular formula is C13H20N2O2S. The van der Waals surface area contributed by atoms with Gasteiger partial charge in [0, 0.05) is 18.8 Å². The zero-order valence-corrected chi connectivity index (χ0v) is 11.8. The van der Waals surface area contributed by atoms with Gasteiger partial charge in [0.2, 0.25) is 10.0 Å². The first-order valence-electron chi connectivity index (χ1n) is 6.30. The van der Waals surface area contributed by atoms with Crippen LogP contribution in [-0.4, -0.2) is 25.8 Å². The summed E-state index contributed by atoms with van der Waals surface area (Å²) in [6.45, 7) is 4.87. The Morgan fingerprint density at radius 2 is 1.56 bits per heavy atom. The third-order valence-electron chi connectivity index (χ3n) is 3.40. The van der Waals surface area contributed by atoms with Crippen molar-refractivity contribution in [1.29, 1.82) is 0 Å². The van der Waals surface area contributed by atoms with Crippen LogP contribution in [0.5, 0.6) is 0 Å². The summed E-state index contributed by atoms with van der Waals surface area (Å²) in [5.74, 6) is 0. The third kappa shape index (κ3) is 2.37. The molecule has 1 aliphatic heterocycles. The van der Waals surface area contributed by atoms with Gasteiger partial charge in [0.1, 0.15) is 0 Å². The first kappa shape index (κ1) is 13.4. The van der Waals surface area contributed by atoms with Gasteiger partial charge in [0.25, 0.3) is 0 Å². The Bertz CT molecular complexity index is 523. The number of hydrogen-bond acceptors (Lipinski definition) is 3. The minimum absolute atomic E-state index is 0.429. The third-order valence-corrected chi connectivity index (χ3v) is 5.60. The Labute approximate surface area is 109 Å². The van der Waals surface area contributed by atoms with E-state index in [0.29, 0.717) is 23.7 Å². The van der Waals surface area contributed by atoms with Gasteiger partial charge in [-0.15, -0.1) is 0 Å². The van der Waals surface area contributed by atoms with Crippen LogP contribution in [0.2, 0.25) is 0 Å². The molecule has 18 heavy (non-hydrogen) atoms. The Kier molecular flexibility index (Phi) is 3.64. The Morgan fingerprint density at radius 1 is 1.06 bits per heavy atom. The van der Waals surface area contributed by atoms with E-state index < -0.39 is 10.0 Å². The van der Waals surface area contributed by atoms with Gasteiger partial charge in [-0.2, -0.15) is 4.31 Å². The SMILES string of the molecule is Cc1cc(N)cc(C)c1S(=O)(=O)N1CCCCC1. The summed E-state index contributed by atoms with van der Waals surface area (Å²) < 4.78 is 26.8. The van der Waals surface area contributed by atoms with Crippen LogP contribution in [0.25, 0.3) is 0 Å². The number of piperidine rings is 1. The summed E-state index contributed by atoms with van der Waals surface area (Å²) in [5, 5.41) is 0. The molecule has 0 aliphatic carbocycles. The second-order valence-electron chi connectivity index (χ2n) is 4.95. The van der Waals surface area contributed by atoms with Gasteiger partial charge in [-0.3, -0.25) is 0 Å². The van der Waals surface area contributed by atoms with Crippen LogP contribution in [0.15, 0.2) is 17.0 Å². The molecule has 1 heterocycles. The van der Waals surface area contributed by atoms with E-state index in [1.54, 1.807) is 30.3 Å². The van der Waals surface area contributed by atoms with Gasteiger partial charge >= 0.3 is 0 Å². The average Bonchev–Trinajstić information content (AvgIpc) is 2.28. The van der Waals surface area contributed by atoms with Crippen molar-refractivity contribution in [3.8, 4) is 0 Å². The van der Waals surface area contributed by atoms with E-state index >= 15 is 0 Å². The lowest BCUT2D eigenvalue weighted by Crippen LogP contribution is -2.36. The second-order valence-corrected chi connectivity index (χ2v) is 6.82. The van der Waals surface area contributed by atoms with E-state index in [2.05, 4.69) is 0 Å². The predicted octanol–water partition coefficient (Wildman–Crippen LogP) is 2.06. The van der Waals surface area contributed by atoms with Crippen molar-refractivity contribution in [1.82, 2.24) is 4.31 Å². The van der Waals surface area contributed by atoms with Crippen molar-refractivity contribution in [2.24, 2.45) is 0 Å². The number of rotatable bonds is 2. The van der Waals surface area contributed by atoms with Gasteiger partial charge in [0.15, 0.2) is 0 Å². The minimum atomic E-state index is -3.36. The molecule has 0 saturated carbocycles. The maximum atomic E-state index is 12.6. The van der Waals surface area contributed by atoms with Crippen LogP contribution in [0.3, 0.4) is 0 Å². The number of benzene rings is 1. The maximum absolute atomic E-state index is 12.6. The normalized spacial score (nSPS) is 17.9. The van der Waals surface area contributed by atoms with Crippen molar-refractivity contribution >= 4 is 15.7 Å². The quantitative estimate of drug-likeness (QED) is 0.835. The first-order valence-corrected chi connectivity index (χ1v) is 7.74. The van der Waals surface area contributed by atoms with Gasteiger partial charge in [-0.1, -0.05) is 6.42 Å². The van der Waals surface area contributed by atoms with Crippen LogP contribution >= 0.6 is 0 Å². The molecule has 0 radical (unpaired) electrons. The fourth-order valence-electron chi connectivity index (χ4n) is 2.62. The van der Waals surface area contributed by atoms with Crippen LogP contribution in [-0.2, 0) is 10.0 Å². The summed E-state index contributed by atoms with van der Waals surface area (Å²) >= 11 is 0. The molecule has 1 saturated heterocycles. The fraction of sp³-hybridized carbons (Fsp3) is 0.538. The molecule has 0 unspecified atom stereocenters. The lowest BCUT2D eigenvalue weighted by molar-refractivity contribution is 0.346. The fourth-order valence-corrected chi connectivity index (χ4v) is 4.55. The van der Waals surface area contributed by atoms with E-state index in [1.807, 2.05) is 0 Å². The Hall–Kier alpha value is -1.07. The Balaban J connectivity index is 2.47. The van der Waals surface area contributed by atoms with Crippen LogP contribution in [0.4, 0.5) is 5.69 Å². The highest BCUT2D eigenvalue weighted by Crippen LogP contribution is 2.27. The molecule has 4 nitrogen and oxygen atoms in total. The van der Waals surface area contributed by atoms with Crippen LogP contribution < -0.4 is 5.73 Å². The summed E-state index contributed by atoms with van der Waals surface area (Å²) in [6, 6.07) is 3.45. The summed E-state index contributed by atoms with van der Waals surface area (Å²) in [7, 11) is -3.36. The first-order chi connectivity index (χ1) is 8.43. The van der Waals surface area contributed by atoms with E-state index in [1.165, 1.54) is 0 Å². The van der Waals surface area contributed by atoms with Gasteiger partial charge in [0.05, 0.1) is 4.90 Å². The topological polar surface area (TPSA) is 63.4 Å². The van der Waals surface area contributed by atoms with Crippen molar-refractivity contribution < 1.29 is 8.42 Å². The van der Waals surface area contributed by atoms with Crippen molar-refractivity contribution in [3.63, 3.8) is 0 Å². The summed E-state index contributed by atoms with van der Waals surface area (Å²) in [6.07, 6.45) is 3.02. The smallest absolute Gasteiger partial charge is 0.243 e. The Morgan fingerprint density at radius 3 is 2.06 bits per heavy atom. The number of anilines is 1. The zero-order valence-electron chi connectivity index (χ0n) is 10.9. The van der Waals surface area contributed by atoms with Gasteiger partial charge in [-0.05, 0) is 49.9 Å². The highest BCUT2D eigenvalue weighted by Gasteiger charge is 2.28. The van der Waals surface area contributed by atoms with Gasteiger partial charge < -0.3 is 5.73 Å². The van der Waals surface area contributed by atoms with Crippen molar-refractivity contribution in [3.05, 3.63) is 23.3 Å². The molecule has 0 spiro atoms. The average molecular weight is 268 g/mol. The molecule has 0 aromatic heterocycles. The van der Waals surface area contributed by atoms with E-state index in [-0.39, 0.29) is 0 Å². The van der Waals surface area contributed by atoms with Crippen molar-refractivity contribution in [2.45, 2.75) is 38.0 Å². The minimum Gasteiger partial charge on any atom is -0.399 e. The van der Waals surface area contributed by atoms with E-state index in [4.69, 9.17) is 5.73 Å². The molecule has 100 valence electrons. The molecule has 1 aliphatic rings. The standard InChI is InChI=1S/C13H20N2O2S/c1-10-8-12(14)9-11(2)13(10)18(16,17)15-6-4-3-5-7-15/h8-9H,3-7,14H2,1-2H3. The summed E-state index contributed by atoms with van der Waals surface area (Å²) in [5.41, 5.74) is 7.82. The van der Waals surface area contributed by atoms with E-state index in [0.717, 1.165) is 30.4 Å². The molecule has 1 aromatic carbocycles. The highest BCUT2D eigenvalue weighted by atomic mass is 32.2. The number of nitrogens with zero attached hydrogens (tertiary/aromatic N) is 1. The predicted molar refractivity (Wildman–Crippen MR) is 72.9 cm³/mol. The maximum Gasteiger partial charge on any atom is 0.243 e. The molecule has 0 amide bonds. The number of nitrogens with two attached hydrogens (primary N) is 1. The number of aryl methyl sites for hydroxylation is 2. The lowest BCUT2D eigenvalue weighted by Gasteiger charge is -2.27. The molecule has 1 aromatic rings. The van der Waals surface area contributed by atoms with Crippen molar-refractivity contribution in [2.75, 3.05) is 18.8 Å². The van der Waals surface area contributed by atoms with Crippen LogP contribution in [0, 0.1) is 13.8 Å². The highest BCUT2D eigenvalue weighted by molar-refractivity contribution is 7.89. The second kappa shape index (κ2) is 4.90. The molecule has 0 bridgehead atoms. The molecular weight excluding hydrogens is 248 g/mol. The zero-order chi connectivity index (χ0) is 13.3. The molecule has 2 N–H and O–H groups in total. The van der Waals surface area contributed by atoms with Gasteiger partial charge in [-0.25, -0.2) is 8.42 Å². The largest absolute Gasteiger partial charge is 0.399 e. The number of nitrogen functional groups attached to an aromatic ring is 1. The lowest BCUT2D eigenvalue weighted by atomic mass is 10.1. The number of hydrogen-bond donors (Lipinski definition) is 1. The summed E-state index contributed by atoms with van der Waals surface area (Å²) in [4.78, 5) is 0.429. The number of sulfonamides is 1. The molecule has 1 fully saturated rings. The molecule has 5 heteroatoms. The van der Waals surface area contributed by atoms with Crippen LogP contribution in [0.1, 0.15) is 30.4 Å². The molecule has 0 atom stereocenters.